The number of aliphatic hydroxyl groups excluding tert-OH is 1. The molecule has 0 spiro atoms. The molecule has 2 heterocycles. The fraction of sp³-hybridized carbons (Fsp3) is 0.259. The van der Waals surface area contributed by atoms with Gasteiger partial charge in [-0.15, -0.1) is 0 Å². The maximum Gasteiger partial charge on any atom is 0.340 e. The van der Waals surface area contributed by atoms with Crippen molar-refractivity contribution in [2.24, 2.45) is 0 Å². The molecule has 192 valence electrons. The minimum atomic E-state index is -1.00. The Kier molecular flexibility index (Phi) is 8.01. The second kappa shape index (κ2) is 11.2. The van der Waals surface area contributed by atoms with Crippen molar-refractivity contribution in [1.29, 1.82) is 0 Å². The van der Waals surface area contributed by atoms with E-state index in [2.05, 4.69) is 15.9 Å². The highest BCUT2D eigenvalue weighted by Gasteiger charge is 2.40. The van der Waals surface area contributed by atoms with E-state index in [1.54, 1.807) is 56.3 Å². The lowest BCUT2D eigenvalue weighted by Gasteiger charge is -2.17. The van der Waals surface area contributed by atoms with Crippen molar-refractivity contribution >= 4 is 33.9 Å². The lowest BCUT2D eigenvalue weighted by molar-refractivity contribution is -0.0524. The summed E-state index contributed by atoms with van der Waals surface area (Å²) in [5.74, 6) is -1.35. The minimum absolute atomic E-state index is 0.0248. The van der Waals surface area contributed by atoms with Crippen LogP contribution >= 0.6 is 15.9 Å². The number of aromatic nitrogens is 2. The fourth-order valence-electron chi connectivity index (χ4n) is 4.25. The van der Waals surface area contributed by atoms with Gasteiger partial charge in [-0.25, -0.2) is 9.59 Å². The van der Waals surface area contributed by atoms with Gasteiger partial charge in [-0.3, -0.25) is 14.2 Å². The Labute approximate surface area is 220 Å². The molecule has 4 rings (SSSR count). The highest BCUT2D eigenvalue weighted by atomic mass is 79.9. The van der Waals surface area contributed by atoms with Gasteiger partial charge in [0.25, 0.3) is 11.5 Å². The van der Waals surface area contributed by atoms with Crippen LogP contribution in [0, 0.1) is 13.8 Å². The Hall–Kier alpha value is -3.60. The van der Waals surface area contributed by atoms with Crippen LogP contribution in [0.5, 0.6) is 0 Å². The van der Waals surface area contributed by atoms with Crippen molar-refractivity contribution in [2.75, 3.05) is 6.61 Å². The molecule has 37 heavy (non-hydrogen) atoms. The van der Waals surface area contributed by atoms with Crippen molar-refractivity contribution in [2.45, 2.75) is 38.7 Å². The Morgan fingerprint density at radius 2 is 1.70 bits per heavy atom. The van der Waals surface area contributed by atoms with Crippen LogP contribution in [0.1, 0.15) is 50.1 Å². The normalized spacial score (nSPS) is 19.3. The van der Waals surface area contributed by atoms with Crippen LogP contribution in [0.3, 0.4) is 0 Å². The number of benzene rings is 2. The van der Waals surface area contributed by atoms with E-state index in [1.807, 2.05) is 0 Å². The monoisotopic (exact) mass is 568 g/mol. The molecule has 0 radical (unpaired) electrons. The number of aliphatic hydroxyl groups is 1. The number of ether oxygens (including phenoxy) is 2. The molecule has 0 amide bonds. The summed E-state index contributed by atoms with van der Waals surface area (Å²) in [6.45, 7) is 3.02. The number of esters is 1. The zero-order valence-corrected chi connectivity index (χ0v) is 21.8. The summed E-state index contributed by atoms with van der Waals surface area (Å²) in [5, 5.41) is 9.88. The van der Waals surface area contributed by atoms with E-state index in [9.17, 15) is 24.3 Å². The number of nitrogens with zero attached hydrogens (tertiary/aromatic N) is 2. The van der Waals surface area contributed by atoms with Crippen LogP contribution in [0.2, 0.25) is 0 Å². The van der Waals surface area contributed by atoms with Crippen LogP contribution in [0.4, 0.5) is 0 Å². The maximum absolute atomic E-state index is 13.5. The third-order valence-corrected chi connectivity index (χ3v) is 6.52. The smallest absolute Gasteiger partial charge is 0.340 e. The van der Waals surface area contributed by atoms with Crippen LogP contribution in [0.15, 0.2) is 69.3 Å². The maximum atomic E-state index is 13.5. The Balaban J connectivity index is 1.72. The first-order chi connectivity index (χ1) is 17.8. The van der Waals surface area contributed by atoms with Gasteiger partial charge in [0, 0.05) is 18.2 Å². The average molecular weight is 569 g/mol. The topological polar surface area (TPSA) is 117 Å². The Bertz CT molecular complexity index is 1490. The molecule has 1 aliphatic rings. The molecule has 1 saturated heterocycles. The van der Waals surface area contributed by atoms with E-state index in [0.29, 0.717) is 15.7 Å². The van der Waals surface area contributed by atoms with Crippen molar-refractivity contribution < 1.29 is 24.2 Å². The third kappa shape index (κ3) is 5.27. The van der Waals surface area contributed by atoms with E-state index in [0.717, 1.165) is 10.1 Å². The van der Waals surface area contributed by atoms with Crippen molar-refractivity contribution in [1.82, 2.24) is 9.13 Å². The van der Waals surface area contributed by atoms with Crippen molar-refractivity contribution in [3.8, 4) is 0 Å². The average Bonchev–Trinajstić information content (AvgIpc) is 3.28. The number of rotatable bonds is 6. The molecule has 10 heteroatoms. The number of carbonyl (C=O) groups excluding carboxylic acids is 2. The summed E-state index contributed by atoms with van der Waals surface area (Å²) in [4.78, 5) is 54.1. The number of halogens is 1. The molecule has 1 aromatic heterocycles. The first-order valence-corrected chi connectivity index (χ1v) is 12.5. The molecule has 0 saturated carbocycles. The molecule has 1 aliphatic heterocycles. The molecule has 1 N–H and O–H groups in total. The summed E-state index contributed by atoms with van der Waals surface area (Å²) >= 11 is 3.13. The Morgan fingerprint density at radius 1 is 1.08 bits per heavy atom. The molecule has 3 atom stereocenters. The molecule has 1 fully saturated rings. The van der Waals surface area contributed by atoms with E-state index in [4.69, 9.17) is 9.47 Å². The zero-order chi connectivity index (χ0) is 26.7. The molecule has 0 aliphatic carbocycles. The summed E-state index contributed by atoms with van der Waals surface area (Å²) in [5.41, 5.74) is 0.283. The summed E-state index contributed by atoms with van der Waals surface area (Å²) < 4.78 is 13.2. The van der Waals surface area contributed by atoms with E-state index in [1.165, 1.54) is 23.3 Å². The number of aryl methyl sites for hydroxylation is 2. The lowest BCUT2D eigenvalue weighted by Crippen LogP contribution is -2.45. The quantitative estimate of drug-likeness (QED) is 0.454. The highest BCUT2D eigenvalue weighted by Crippen LogP contribution is 2.31. The van der Waals surface area contributed by atoms with Gasteiger partial charge >= 0.3 is 11.7 Å². The summed E-state index contributed by atoms with van der Waals surface area (Å²) in [6.07, 6.45) is -0.0536. The van der Waals surface area contributed by atoms with Gasteiger partial charge in [0.2, 0.25) is 0 Å². The van der Waals surface area contributed by atoms with Gasteiger partial charge < -0.3 is 14.6 Å². The fourth-order valence-corrected chi connectivity index (χ4v) is 4.54. The van der Waals surface area contributed by atoms with Gasteiger partial charge in [0.05, 0.1) is 17.7 Å². The van der Waals surface area contributed by atoms with Crippen molar-refractivity contribution in [3.63, 3.8) is 0 Å². The van der Waals surface area contributed by atoms with Gasteiger partial charge in [-0.2, -0.15) is 4.57 Å². The predicted octanol–water partition coefficient (Wildman–Crippen LogP) is 3.19. The molecule has 0 bridgehead atoms. The minimum Gasteiger partial charge on any atom is -0.456 e. The SMILES string of the molecule is Cc1ccccc1C(=O)O[C@H]1C[C@H](n2cc(C=CBr)c(=O)n(C(=O)c3ccccc3C)c2=O)O[C@@H]1CO. The number of hydrogen-bond acceptors (Lipinski definition) is 7. The molecule has 2 aromatic carbocycles. The number of carbonyl (C=O) groups is 2. The summed E-state index contributed by atoms with van der Waals surface area (Å²) in [7, 11) is 0. The molecule has 9 nitrogen and oxygen atoms in total. The standard InChI is InChI=1S/C27H25BrN2O7/c1-16-7-3-5-9-19(16)25(33)30-24(32)18(11-12-28)14-29(27(30)35)23-13-21(22(15-31)36-23)37-26(34)20-10-6-4-8-17(20)2/h3-12,14,21-23,31H,13,15H2,1-2H3/t21-,22+,23+/m0/s1. The molecular formula is C27H25BrN2O7. The van der Waals surface area contributed by atoms with E-state index < -0.39 is 48.2 Å². The van der Waals surface area contributed by atoms with Gasteiger partial charge in [0.1, 0.15) is 18.4 Å². The van der Waals surface area contributed by atoms with Crippen LogP contribution in [0.25, 0.3) is 6.08 Å². The van der Waals surface area contributed by atoms with E-state index >= 15 is 0 Å². The highest BCUT2D eigenvalue weighted by molar-refractivity contribution is 9.11. The van der Waals surface area contributed by atoms with Crippen LogP contribution in [-0.4, -0.2) is 44.9 Å². The molecule has 3 aromatic rings. The molecule has 0 unspecified atom stereocenters. The van der Waals surface area contributed by atoms with Crippen LogP contribution in [-0.2, 0) is 9.47 Å². The zero-order valence-electron chi connectivity index (χ0n) is 20.2. The first kappa shape index (κ1) is 26.5. The largest absolute Gasteiger partial charge is 0.456 e. The first-order valence-electron chi connectivity index (χ1n) is 11.5. The lowest BCUT2D eigenvalue weighted by atomic mass is 10.1. The predicted molar refractivity (Wildman–Crippen MR) is 140 cm³/mol. The second-order valence-corrected chi connectivity index (χ2v) is 9.16. The van der Waals surface area contributed by atoms with Crippen LogP contribution < -0.4 is 11.2 Å². The summed E-state index contributed by atoms with van der Waals surface area (Å²) in [6, 6.07) is 13.6. The van der Waals surface area contributed by atoms with Crippen molar-refractivity contribution in [3.05, 3.63) is 108 Å². The second-order valence-electron chi connectivity index (χ2n) is 8.63. The van der Waals surface area contributed by atoms with Gasteiger partial charge in [-0.1, -0.05) is 52.3 Å². The Morgan fingerprint density at radius 3 is 2.30 bits per heavy atom. The molecular weight excluding hydrogens is 544 g/mol. The van der Waals surface area contributed by atoms with Gasteiger partial charge in [0.15, 0.2) is 0 Å². The van der Waals surface area contributed by atoms with E-state index in [-0.39, 0.29) is 17.5 Å². The number of hydrogen-bond donors (Lipinski definition) is 1. The third-order valence-electron chi connectivity index (χ3n) is 6.26. The van der Waals surface area contributed by atoms with Gasteiger partial charge in [-0.05, 0) is 48.2 Å².